The van der Waals surface area contributed by atoms with Crippen molar-refractivity contribution in [2.24, 2.45) is 0 Å². The summed E-state index contributed by atoms with van der Waals surface area (Å²) < 4.78 is 5.83. The molecule has 3 nitrogen and oxygen atoms in total. The monoisotopic (exact) mass is 311 g/mol. The van der Waals surface area contributed by atoms with Crippen molar-refractivity contribution in [2.75, 3.05) is 0 Å². The third kappa shape index (κ3) is 4.59. The van der Waals surface area contributed by atoms with E-state index in [1.165, 1.54) is 5.56 Å². The van der Waals surface area contributed by atoms with Crippen LogP contribution in [0.4, 0.5) is 0 Å². The minimum absolute atomic E-state index is 0.0484. The number of ether oxygens (including phenoxy) is 1. The molecule has 0 spiro atoms. The number of hydrogen-bond donors (Lipinski definition) is 1. The lowest BCUT2D eigenvalue weighted by Crippen LogP contribution is -2.37. The SMILES string of the molecule is Cc1ccc([C@H](C)NC(=O)[C@@H](C)Oc2cc(C)ccc2C)cc1. The van der Waals surface area contributed by atoms with Crippen molar-refractivity contribution in [1.29, 1.82) is 0 Å². The summed E-state index contributed by atoms with van der Waals surface area (Å²) in [5.74, 6) is 0.648. The second-order valence-corrected chi connectivity index (χ2v) is 6.17. The van der Waals surface area contributed by atoms with Crippen molar-refractivity contribution in [3.05, 3.63) is 64.7 Å². The summed E-state index contributed by atoms with van der Waals surface area (Å²) in [5, 5.41) is 3.01. The molecule has 0 aliphatic heterocycles. The van der Waals surface area contributed by atoms with Crippen LogP contribution in [0.3, 0.4) is 0 Å². The first kappa shape index (κ1) is 17.1. The van der Waals surface area contributed by atoms with Crippen LogP contribution in [0.1, 0.15) is 42.1 Å². The van der Waals surface area contributed by atoms with Crippen molar-refractivity contribution in [3.63, 3.8) is 0 Å². The number of carbonyl (C=O) groups excluding carboxylic acids is 1. The van der Waals surface area contributed by atoms with Gasteiger partial charge in [-0.15, -0.1) is 0 Å². The molecule has 0 aromatic heterocycles. The largest absolute Gasteiger partial charge is 0.481 e. The number of nitrogens with one attached hydrogen (secondary N) is 1. The molecule has 2 rings (SSSR count). The van der Waals surface area contributed by atoms with Crippen LogP contribution in [0.15, 0.2) is 42.5 Å². The first-order valence-electron chi connectivity index (χ1n) is 7.97. The van der Waals surface area contributed by atoms with E-state index in [1.54, 1.807) is 6.92 Å². The van der Waals surface area contributed by atoms with Gasteiger partial charge in [0.1, 0.15) is 5.75 Å². The van der Waals surface area contributed by atoms with Crippen molar-refractivity contribution in [1.82, 2.24) is 5.32 Å². The predicted molar refractivity (Wildman–Crippen MR) is 93.7 cm³/mol. The van der Waals surface area contributed by atoms with Gasteiger partial charge in [-0.3, -0.25) is 4.79 Å². The van der Waals surface area contributed by atoms with E-state index in [4.69, 9.17) is 4.74 Å². The molecule has 0 saturated heterocycles. The first-order valence-corrected chi connectivity index (χ1v) is 7.97. The molecule has 23 heavy (non-hydrogen) atoms. The van der Waals surface area contributed by atoms with Crippen LogP contribution in [-0.4, -0.2) is 12.0 Å². The fourth-order valence-electron chi connectivity index (χ4n) is 2.35. The minimum atomic E-state index is -0.539. The quantitative estimate of drug-likeness (QED) is 0.896. The highest BCUT2D eigenvalue weighted by atomic mass is 16.5. The molecule has 0 bridgehead atoms. The maximum atomic E-state index is 12.4. The van der Waals surface area contributed by atoms with Crippen molar-refractivity contribution >= 4 is 5.91 Å². The highest BCUT2D eigenvalue weighted by Gasteiger charge is 2.18. The van der Waals surface area contributed by atoms with Gasteiger partial charge in [-0.1, -0.05) is 42.0 Å². The zero-order chi connectivity index (χ0) is 17.0. The van der Waals surface area contributed by atoms with Gasteiger partial charge in [-0.05, 0) is 57.4 Å². The Labute approximate surface area is 138 Å². The smallest absolute Gasteiger partial charge is 0.261 e. The predicted octanol–water partition coefficient (Wildman–Crippen LogP) is 4.26. The van der Waals surface area contributed by atoms with E-state index in [0.29, 0.717) is 0 Å². The van der Waals surface area contributed by atoms with E-state index >= 15 is 0 Å². The molecule has 3 heteroatoms. The zero-order valence-electron chi connectivity index (χ0n) is 14.5. The molecule has 1 amide bonds. The van der Waals surface area contributed by atoms with E-state index in [1.807, 2.05) is 70.2 Å². The highest BCUT2D eigenvalue weighted by molar-refractivity contribution is 5.81. The van der Waals surface area contributed by atoms with Crippen molar-refractivity contribution in [2.45, 2.75) is 46.8 Å². The van der Waals surface area contributed by atoms with Gasteiger partial charge < -0.3 is 10.1 Å². The Morgan fingerprint density at radius 1 is 0.957 bits per heavy atom. The lowest BCUT2D eigenvalue weighted by atomic mass is 10.1. The topological polar surface area (TPSA) is 38.3 Å². The van der Waals surface area contributed by atoms with Gasteiger partial charge in [-0.25, -0.2) is 0 Å². The summed E-state index contributed by atoms with van der Waals surface area (Å²) in [6.07, 6.45) is -0.539. The fourth-order valence-corrected chi connectivity index (χ4v) is 2.35. The van der Waals surface area contributed by atoms with Gasteiger partial charge in [-0.2, -0.15) is 0 Å². The standard InChI is InChI=1S/C20H25NO2/c1-13-7-10-18(11-8-13)16(4)21-20(22)17(5)23-19-12-14(2)6-9-15(19)3/h6-12,16-17H,1-5H3,(H,21,22)/t16-,17+/m0/s1. The molecule has 0 aliphatic carbocycles. The average molecular weight is 311 g/mol. The normalized spacial score (nSPS) is 13.3. The Bertz CT molecular complexity index is 677. The summed E-state index contributed by atoms with van der Waals surface area (Å²) in [5.41, 5.74) is 4.44. The van der Waals surface area contributed by atoms with Crippen LogP contribution >= 0.6 is 0 Å². The van der Waals surface area contributed by atoms with Gasteiger partial charge >= 0.3 is 0 Å². The molecule has 122 valence electrons. The second kappa shape index (κ2) is 7.32. The molecule has 0 saturated carbocycles. The molecule has 1 N–H and O–H groups in total. The lowest BCUT2D eigenvalue weighted by molar-refractivity contribution is -0.127. The Balaban J connectivity index is 1.99. The summed E-state index contributed by atoms with van der Waals surface area (Å²) in [4.78, 5) is 12.4. The minimum Gasteiger partial charge on any atom is -0.481 e. The number of amides is 1. The van der Waals surface area contributed by atoms with Gasteiger partial charge in [0.15, 0.2) is 6.10 Å². The highest BCUT2D eigenvalue weighted by Crippen LogP contribution is 2.21. The summed E-state index contributed by atoms with van der Waals surface area (Å²) in [7, 11) is 0. The third-order valence-corrected chi connectivity index (χ3v) is 3.95. The number of aryl methyl sites for hydroxylation is 3. The van der Waals surface area contributed by atoms with Gasteiger partial charge in [0.05, 0.1) is 6.04 Å². The Kier molecular flexibility index (Phi) is 5.43. The molecule has 0 aliphatic rings. The molecule has 2 aromatic rings. The van der Waals surface area contributed by atoms with Gasteiger partial charge in [0.2, 0.25) is 0 Å². The molecule has 0 radical (unpaired) electrons. The summed E-state index contributed by atoms with van der Waals surface area (Å²) in [6.45, 7) is 9.80. The zero-order valence-corrected chi connectivity index (χ0v) is 14.5. The number of carbonyl (C=O) groups is 1. The molecule has 0 fully saturated rings. The van der Waals surface area contributed by atoms with Gasteiger partial charge in [0, 0.05) is 0 Å². The van der Waals surface area contributed by atoms with Crippen LogP contribution in [-0.2, 0) is 4.79 Å². The molecular formula is C20H25NO2. The Morgan fingerprint density at radius 2 is 1.57 bits per heavy atom. The molecular weight excluding hydrogens is 286 g/mol. The number of hydrogen-bond acceptors (Lipinski definition) is 2. The first-order chi connectivity index (χ1) is 10.9. The van der Waals surface area contributed by atoms with E-state index in [-0.39, 0.29) is 11.9 Å². The van der Waals surface area contributed by atoms with E-state index < -0.39 is 6.10 Å². The Hall–Kier alpha value is -2.29. The summed E-state index contributed by atoms with van der Waals surface area (Å²) >= 11 is 0. The van der Waals surface area contributed by atoms with E-state index in [0.717, 1.165) is 22.4 Å². The van der Waals surface area contributed by atoms with E-state index in [2.05, 4.69) is 5.32 Å². The van der Waals surface area contributed by atoms with Crippen LogP contribution in [0.25, 0.3) is 0 Å². The van der Waals surface area contributed by atoms with Crippen LogP contribution < -0.4 is 10.1 Å². The number of benzene rings is 2. The van der Waals surface area contributed by atoms with Crippen molar-refractivity contribution in [3.8, 4) is 5.75 Å². The van der Waals surface area contributed by atoms with Crippen LogP contribution in [0.5, 0.6) is 5.75 Å². The maximum Gasteiger partial charge on any atom is 0.261 e. The molecule has 2 aromatic carbocycles. The van der Waals surface area contributed by atoms with Crippen molar-refractivity contribution < 1.29 is 9.53 Å². The second-order valence-electron chi connectivity index (χ2n) is 6.17. The fraction of sp³-hybridized carbons (Fsp3) is 0.350. The average Bonchev–Trinajstić information content (AvgIpc) is 2.51. The maximum absolute atomic E-state index is 12.4. The van der Waals surface area contributed by atoms with E-state index in [9.17, 15) is 4.79 Å². The molecule has 0 heterocycles. The third-order valence-electron chi connectivity index (χ3n) is 3.95. The summed E-state index contributed by atoms with van der Waals surface area (Å²) in [6, 6.07) is 14.1. The van der Waals surface area contributed by atoms with Crippen LogP contribution in [0.2, 0.25) is 0 Å². The molecule has 0 unspecified atom stereocenters. The Morgan fingerprint density at radius 3 is 2.22 bits per heavy atom. The van der Waals surface area contributed by atoms with Crippen LogP contribution in [0, 0.1) is 20.8 Å². The number of rotatable bonds is 5. The lowest BCUT2D eigenvalue weighted by Gasteiger charge is -2.20. The van der Waals surface area contributed by atoms with Gasteiger partial charge in [0.25, 0.3) is 5.91 Å². The molecule has 2 atom stereocenters.